The number of nitrogens with one attached hydrogen (secondary N) is 1. The maximum Gasteiger partial charge on any atom is 0.290 e. The number of carbonyl (C=O) groups is 2. The summed E-state index contributed by atoms with van der Waals surface area (Å²) in [6.07, 6.45) is 0.412. The quantitative estimate of drug-likeness (QED) is 0.744. The lowest BCUT2D eigenvalue weighted by Gasteiger charge is -2.19. The van der Waals surface area contributed by atoms with Crippen LogP contribution in [0.2, 0.25) is 0 Å². The topological polar surface area (TPSA) is 133 Å². The van der Waals surface area contributed by atoms with Crippen molar-refractivity contribution in [1.82, 2.24) is 15.5 Å². The molecule has 9 heteroatoms. The third-order valence-electron chi connectivity index (χ3n) is 2.57. The smallest absolute Gasteiger partial charge is 0.290 e. The molecule has 0 bridgehead atoms. The zero-order chi connectivity index (χ0) is 14.0. The average molecular weight is 267 g/mol. The van der Waals surface area contributed by atoms with Crippen LogP contribution < -0.4 is 11.1 Å². The molecular formula is C10H13N5O4. The summed E-state index contributed by atoms with van der Waals surface area (Å²) in [5, 5.41) is 9.66. The molecule has 9 nitrogen and oxygen atoms in total. The Morgan fingerprint density at radius 3 is 2.79 bits per heavy atom. The SMILES string of the molecule is CC1=NO[C@@](C)(C(=O)NCc2nc(C(N)=O)no2)C1. The van der Waals surface area contributed by atoms with Crippen LogP contribution in [0.25, 0.3) is 0 Å². The first-order valence-corrected chi connectivity index (χ1v) is 5.53. The summed E-state index contributed by atoms with van der Waals surface area (Å²) in [6.45, 7) is 3.39. The molecule has 19 heavy (non-hydrogen) atoms. The normalized spacial score (nSPS) is 21.7. The van der Waals surface area contributed by atoms with Gasteiger partial charge in [-0.25, -0.2) is 0 Å². The predicted octanol–water partition coefficient (Wildman–Crippen LogP) is -0.660. The van der Waals surface area contributed by atoms with Gasteiger partial charge in [0.2, 0.25) is 11.5 Å². The molecule has 1 aliphatic rings. The molecule has 0 fully saturated rings. The van der Waals surface area contributed by atoms with E-state index in [0.29, 0.717) is 6.42 Å². The van der Waals surface area contributed by atoms with Gasteiger partial charge < -0.3 is 20.4 Å². The van der Waals surface area contributed by atoms with Gasteiger partial charge in [0, 0.05) is 6.42 Å². The van der Waals surface area contributed by atoms with Crippen LogP contribution in [0.4, 0.5) is 0 Å². The Labute approximate surface area is 108 Å². The number of amides is 2. The van der Waals surface area contributed by atoms with Gasteiger partial charge in [-0.15, -0.1) is 0 Å². The maximum absolute atomic E-state index is 11.9. The minimum absolute atomic E-state index is 0.0168. The maximum atomic E-state index is 11.9. The van der Waals surface area contributed by atoms with E-state index >= 15 is 0 Å². The second-order valence-electron chi connectivity index (χ2n) is 4.38. The number of oxime groups is 1. The minimum Gasteiger partial charge on any atom is -0.379 e. The third-order valence-corrected chi connectivity index (χ3v) is 2.57. The van der Waals surface area contributed by atoms with Crippen molar-refractivity contribution in [2.45, 2.75) is 32.4 Å². The van der Waals surface area contributed by atoms with Gasteiger partial charge in [-0.3, -0.25) is 9.59 Å². The highest BCUT2D eigenvalue weighted by atomic mass is 16.7. The fraction of sp³-hybridized carbons (Fsp3) is 0.500. The molecule has 2 heterocycles. The first-order valence-electron chi connectivity index (χ1n) is 5.53. The van der Waals surface area contributed by atoms with Crippen molar-refractivity contribution in [3.8, 4) is 0 Å². The van der Waals surface area contributed by atoms with E-state index in [0.717, 1.165) is 5.71 Å². The predicted molar refractivity (Wildman–Crippen MR) is 61.9 cm³/mol. The van der Waals surface area contributed by atoms with Gasteiger partial charge in [-0.05, 0) is 13.8 Å². The first kappa shape index (κ1) is 13.0. The van der Waals surface area contributed by atoms with Gasteiger partial charge in [0.1, 0.15) is 0 Å². The summed E-state index contributed by atoms with van der Waals surface area (Å²) in [6, 6.07) is 0. The van der Waals surface area contributed by atoms with E-state index in [9.17, 15) is 9.59 Å². The van der Waals surface area contributed by atoms with Gasteiger partial charge in [0.05, 0.1) is 12.3 Å². The van der Waals surface area contributed by atoms with Crippen molar-refractivity contribution in [2.75, 3.05) is 0 Å². The first-order chi connectivity index (χ1) is 8.90. The number of primary amides is 1. The highest BCUT2D eigenvalue weighted by molar-refractivity contribution is 5.94. The van der Waals surface area contributed by atoms with Crippen LogP contribution in [0.15, 0.2) is 9.68 Å². The summed E-state index contributed by atoms with van der Waals surface area (Å²) in [7, 11) is 0. The molecule has 2 rings (SSSR count). The van der Waals surface area contributed by atoms with Crippen molar-refractivity contribution in [1.29, 1.82) is 0 Å². The number of hydrogen-bond donors (Lipinski definition) is 2. The number of rotatable bonds is 4. The van der Waals surface area contributed by atoms with E-state index in [1.807, 2.05) is 0 Å². The van der Waals surface area contributed by atoms with Crippen LogP contribution in [-0.2, 0) is 16.2 Å². The Morgan fingerprint density at radius 1 is 1.53 bits per heavy atom. The molecule has 0 aliphatic carbocycles. The van der Waals surface area contributed by atoms with E-state index in [4.69, 9.17) is 15.1 Å². The molecule has 3 N–H and O–H groups in total. The Hall–Kier alpha value is -2.45. The minimum atomic E-state index is -1.03. The number of nitrogens with zero attached hydrogens (tertiary/aromatic N) is 3. The van der Waals surface area contributed by atoms with Crippen LogP contribution >= 0.6 is 0 Å². The Morgan fingerprint density at radius 2 is 2.26 bits per heavy atom. The number of aromatic nitrogens is 2. The zero-order valence-electron chi connectivity index (χ0n) is 10.5. The molecule has 1 aromatic heterocycles. The molecular weight excluding hydrogens is 254 g/mol. The summed E-state index contributed by atoms with van der Waals surface area (Å²) >= 11 is 0. The van der Waals surface area contributed by atoms with Crippen LogP contribution in [-0.4, -0.2) is 33.3 Å². The molecule has 0 spiro atoms. The zero-order valence-corrected chi connectivity index (χ0v) is 10.5. The van der Waals surface area contributed by atoms with E-state index in [-0.39, 0.29) is 24.2 Å². The molecule has 0 radical (unpaired) electrons. The molecule has 102 valence electrons. The van der Waals surface area contributed by atoms with Crippen LogP contribution in [0.5, 0.6) is 0 Å². The van der Waals surface area contributed by atoms with Gasteiger partial charge in [-0.2, -0.15) is 4.98 Å². The molecule has 0 unspecified atom stereocenters. The monoisotopic (exact) mass is 267 g/mol. The van der Waals surface area contributed by atoms with E-state index in [1.165, 1.54) is 0 Å². The van der Waals surface area contributed by atoms with Gasteiger partial charge in [-0.1, -0.05) is 10.3 Å². The lowest BCUT2D eigenvalue weighted by Crippen LogP contribution is -2.44. The second-order valence-corrected chi connectivity index (χ2v) is 4.38. The Balaban J connectivity index is 1.91. The summed E-state index contributed by atoms with van der Waals surface area (Å²) in [4.78, 5) is 31.5. The highest BCUT2D eigenvalue weighted by Crippen LogP contribution is 2.23. The molecule has 0 saturated carbocycles. The molecule has 1 aliphatic heterocycles. The van der Waals surface area contributed by atoms with Gasteiger partial charge in [0.25, 0.3) is 17.6 Å². The number of carbonyl (C=O) groups excluding carboxylic acids is 2. The Kier molecular flexibility index (Phi) is 3.19. The van der Waals surface area contributed by atoms with E-state index in [2.05, 4.69) is 20.6 Å². The lowest BCUT2D eigenvalue weighted by atomic mass is 9.99. The summed E-state index contributed by atoms with van der Waals surface area (Å²) in [5.41, 5.74) is 4.68. The van der Waals surface area contributed by atoms with Crippen molar-refractivity contribution in [2.24, 2.45) is 10.9 Å². The lowest BCUT2D eigenvalue weighted by molar-refractivity contribution is -0.142. The van der Waals surface area contributed by atoms with Gasteiger partial charge in [0.15, 0.2) is 0 Å². The van der Waals surface area contributed by atoms with Crippen molar-refractivity contribution in [3.63, 3.8) is 0 Å². The van der Waals surface area contributed by atoms with Gasteiger partial charge >= 0.3 is 0 Å². The molecule has 0 saturated heterocycles. The van der Waals surface area contributed by atoms with Crippen LogP contribution in [0, 0.1) is 0 Å². The fourth-order valence-corrected chi connectivity index (χ4v) is 1.62. The average Bonchev–Trinajstić information content (AvgIpc) is 2.94. The molecule has 1 atom stereocenters. The van der Waals surface area contributed by atoms with Crippen LogP contribution in [0.1, 0.15) is 36.8 Å². The number of nitrogens with two attached hydrogens (primary N) is 1. The standard InChI is InChI=1S/C10H13N5O4/c1-5-3-10(2,19-14-5)9(17)12-4-6-13-8(7(11)16)15-18-6/h3-4H2,1-2H3,(H2,11,16)(H,12,17)/t10-/m1/s1. The molecule has 2 amide bonds. The van der Waals surface area contributed by atoms with Crippen molar-refractivity contribution >= 4 is 17.5 Å². The largest absolute Gasteiger partial charge is 0.379 e. The van der Waals surface area contributed by atoms with E-state index in [1.54, 1.807) is 13.8 Å². The van der Waals surface area contributed by atoms with Crippen molar-refractivity contribution < 1.29 is 18.9 Å². The third kappa shape index (κ3) is 2.69. The van der Waals surface area contributed by atoms with Crippen LogP contribution in [0.3, 0.4) is 0 Å². The highest BCUT2D eigenvalue weighted by Gasteiger charge is 2.40. The second kappa shape index (κ2) is 4.67. The summed E-state index contributed by atoms with van der Waals surface area (Å²) < 4.78 is 4.75. The summed E-state index contributed by atoms with van der Waals surface area (Å²) in [5.74, 6) is -1.29. The fourth-order valence-electron chi connectivity index (χ4n) is 1.62. The molecule has 1 aromatic rings. The molecule has 0 aromatic carbocycles. The van der Waals surface area contributed by atoms with Crippen molar-refractivity contribution in [3.05, 3.63) is 11.7 Å². The number of hydrogen-bond acceptors (Lipinski definition) is 7. The Bertz CT molecular complexity index is 552. The van der Waals surface area contributed by atoms with E-state index < -0.39 is 11.5 Å².